The fourth-order valence-corrected chi connectivity index (χ4v) is 1.65. The molecule has 3 nitrogen and oxygen atoms in total. The maximum atomic E-state index is 11.9. The lowest BCUT2D eigenvalue weighted by Gasteiger charge is -2.06. The van der Waals surface area contributed by atoms with Crippen molar-refractivity contribution in [3.8, 4) is 11.5 Å². The van der Waals surface area contributed by atoms with Crippen LogP contribution in [0.2, 0.25) is 5.02 Å². The topological polar surface area (TPSA) is 35.5 Å². The number of esters is 1. The SMILES string of the molecule is CCOc1ccc(C(=O)Oc2ccc(Cl)cc2)cc1. The molecule has 0 heterocycles. The molecule has 0 saturated carbocycles. The lowest BCUT2D eigenvalue weighted by atomic mass is 10.2. The average molecular weight is 277 g/mol. The van der Waals surface area contributed by atoms with E-state index in [2.05, 4.69) is 0 Å². The Balaban J connectivity index is 2.05. The molecule has 0 unspecified atom stereocenters. The molecule has 2 aromatic carbocycles. The van der Waals surface area contributed by atoms with Gasteiger partial charge in [-0.1, -0.05) is 11.6 Å². The maximum absolute atomic E-state index is 11.9. The molecule has 0 N–H and O–H groups in total. The summed E-state index contributed by atoms with van der Waals surface area (Å²) in [5.41, 5.74) is 0.471. The van der Waals surface area contributed by atoms with E-state index in [1.165, 1.54) is 0 Å². The zero-order valence-electron chi connectivity index (χ0n) is 10.4. The van der Waals surface area contributed by atoms with Crippen molar-refractivity contribution in [1.29, 1.82) is 0 Å². The predicted octanol–water partition coefficient (Wildman–Crippen LogP) is 3.96. The van der Waals surface area contributed by atoms with Crippen LogP contribution in [0.3, 0.4) is 0 Å². The quantitative estimate of drug-likeness (QED) is 0.626. The summed E-state index contributed by atoms with van der Waals surface area (Å²) in [4.78, 5) is 11.9. The van der Waals surface area contributed by atoms with Crippen molar-refractivity contribution in [2.45, 2.75) is 6.92 Å². The van der Waals surface area contributed by atoms with Gasteiger partial charge in [0.15, 0.2) is 0 Å². The second-order valence-corrected chi connectivity index (χ2v) is 4.24. The van der Waals surface area contributed by atoms with Crippen molar-refractivity contribution in [3.05, 3.63) is 59.1 Å². The summed E-state index contributed by atoms with van der Waals surface area (Å²) in [5, 5.41) is 0.598. The van der Waals surface area contributed by atoms with Gasteiger partial charge in [0.1, 0.15) is 11.5 Å². The second-order valence-electron chi connectivity index (χ2n) is 3.80. The predicted molar refractivity (Wildman–Crippen MR) is 74.0 cm³/mol. The summed E-state index contributed by atoms with van der Waals surface area (Å²) in [6.07, 6.45) is 0. The van der Waals surface area contributed by atoms with E-state index in [4.69, 9.17) is 21.1 Å². The number of benzene rings is 2. The van der Waals surface area contributed by atoms with Crippen LogP contribution in [0.5, 0.6) is 11.5 Å². The summed E-state index contributed by atoms with van der Waals surface area (Å²) in [5.74, 6) is 0.777. The standard InChI is InChI=1S/C15H13ClO3/c1-2-18-13-7-3-11(4-8-13)15(17)19-14-9-5-12(16)6-10-14/h3-10H,2H2,1H3. The van der Waals surface area contributed by atoms with E-state index < -0.39 is 5.97 Å². The van der Waals surface area contributed by atoms with Crippen LogP contribution in [-0.2, 0) is 0 Å². The van der Waals surface area contributed by atoms with Crippen LogP contribution < -0.4 is 9.47 Å². The Morgan fingerprint density at radius 2 is 1.58 bits per heavy atom. The highest BCUT2D eigenvalue weighted by atomic mass is 35.5. The molecule has 98 valence electrons. The number of carbonyl (C=O) groups excluding carboxylic acids is 1. The molecule has 0 aromatic heterocycles. The van der Waals surface area contributed by atoms with Crippen LogP contribution in [0, 0.1) is 0 Å². The van der Waals surface area contributed by atoms with Gasteiger partial charge in [0, 0.05) is 5.02 Å². The Bertz CT molecular complexity index is 547. The molecule has 0 saturated heterocycles. The molecule has 0 atom stereocenters. The fourth-order valence-electron chi connectivity index (χ4n) is 1.52. The Morgan fingerprint density at radius 3 is 2.16 bits per heavy atom. The van der Waals surface area contributed by atoms with Crippen molar-refractivity contribution < 1.29 is 14.3 Å². The number of carbonyl (C=O) groups is 1. The Hall–Kier alpha value is -2.00. The summed E-state index contributed by atoms with van der Waals surface area (Å²) >= 11 is 5.76. The normalized spacial score (nSPS) is 10.0. The minimum Gasteiger partial charge on any atom is -0.494 e. The van der Waals surface area contributed by atoms with Crippen molar-refractivity contribution in [2.24, 2.45) is 0 Å². The van der Waals surface area contributed by atoms with E-state index >= 15 is 0 Å². The highest BCUT2D eigenvalue weighted by Crippen LogP contribution is 2.18. The zero-order valence-corrected chi connectivity index (χ0v) is 11.2. The number of rotatable bonds is 4. The largest absolute Gasteiger partial charge is 0.494 e. The van der Waals surface area contributed by atoms with Crippen LogP contribution in [0.25, 0.3) is 0 Å². The first-order chi connectivity index (χ1) is 9.19. The van der Waals surface area contributed by atoms with E-state index in [0.29, 0.717) is 22.9 Å². The van der Waals surface area contributed by atoms with Gasteiger partial charge in [-0.2, -0.15) is 0 Å². The van der Waals surface area contributed by atoms with E-state index in [-0.39, 0.29) is 0 Å². The van der Waals surface area contributed by atoms with Crippen molar-refractivity contribution in [2.75, 3.05) is 6.61 Å². The van der Waals surface area contributed by atoms with Crippen LogP contribution in [0.15, 0.2) is 48.5 Å². The molecule has 2 aromatic rings. The minimum absolute atomic E-state index is 0.412. The first kappa shape index (κ1) is 13.4. The van der Waals surface area contributed by atoms with Crippen LogP contribution in [0.4, 0.5) is 0 Å². The molecule has 0 radical (unpaired) electrons. The minimum atomic E-state index is -0.412. The molecule has 0 aliphatic heterocycles. The van der Waals surface area contributed by atoms with Crippen molar-refractivity contribution >= 4 is 17.6 Å². The summed E-state index contributed by atoms with van der Waals surface area (Å²) in [7, 11) is 0. The first-order valence-electron chi connectivity index (χ1n) is 5.89. The molecular formula is C15H13ClO3. The van der Waals surface area contributed by atoms with Gasteiger partial charge in [-0.25, -0.2) is 4.79 Å². The van der Waals surface area contributed by atoms with E-state index in [1.54, 1.807) is 48.5 Å². The van der Waals surface area contributed by atoms with Crippen molar-refractivity contribution in [1.82, 2.24) is 0 Å². The average Bonchev–Trinajstić information content (AvgIpc) is 2.42. The first-order valence-corrected chi connectivity index (χ1v) is 6.27. The van der Waals surface area contributed by atoms with Crippen LogP contribution in [-0.4, -0.2) is 12.6 Å². The summed E-state index contributed by atoms with van der Waals surface area (Å²) in [6.45, 7) is 2.50. The van der Waals surface area contributed by atoms with E-state index in [0.717, 1.165) is 5.75 Å². The molecule has 0 aliphatic carbocycles. The van der Waals surface area contributed by atoms with Crippen LogP contribution >= 0.6 is 11.6 Å². The third kappa shape index (κ3) is 3.73. The third-order valence-corrected chi connectivity index (χ3v) is 2.68. The molecule has 0 amide bonds. The Morgan fingerprint density at radius 1 is 1.00 bits per heavy atom. The monoisotopic (exact) mass is 276 g/mol. The van der Waals surface area contributed by atoms with E-state index in [9.17, 15) is 4.79 Å². The van der Waals surface area contributed by atoms with Gasteiger partial charge in [0.2, 0.25) is 0 Å². The molecule has 0 aliphatic rings. The maximum Gasteiger partial charge on any atom is 0.343 e. The molecular weight excluding hydrogens is 264 g/mol. The fraction of sp³-hybridized carbons (Fsp3) is 0.133. The second kappa shape index (κ2) is 6.25. The molecule has 0 bridgehead atoms. The summed E-state index contributed by atoms with van der Waals surface area (Å²) in [6, 6.07) is 13.4. The van der Waals surface area contributed by atoms with E-state index in [1.807, 2.05) is 6.92 Å². The Kier molecular flexibility index (Phi) is 4.42. The molecule has 0 fully saturated rings. The summed E-state index contributed by atoms with van der Waals surface area (Å²) < 4.78 is 10.5. The Labute approximate surface area is 116 Å². The van der Waals surface area contributed by atoms with Gasteiger partial charge in [-0.05, 0) is 55.5 Å². The van der Waals surface area contributed by atoms with Gasteiger partial charge >= 0.3 is 5.97 Å². The van der Waals surface area contributed by atoms with Gasteiger partial charge < -0.3 is 9.47 Å². The third-order valence-electron chi connectivity index (χ3n) is 2.43. The highest BCUT2D eigenvalue weighted by Gasteiger charge is 2.08. The van der Waals surface area contributed by atoms with Crippen molar-refractivity contribution in [3.63, 3.8) is 0 Å². The molecule has 0 spiro atoms. The molecule has 4 heteroatoms. The zero-order chi connectivity index (χ0) is 13.7. The van der Waals surface area contributed by atoms with Gasteiger partial charge in [-0.3, -0.25) is 0 Å². The smallest absolute Gasteiger partial charge is 0.343 e. The number of hydrogen-bond acceptors (Lipinski definition) is 3. The lowest BCUT2D eigenvalue weighted by molar-refractivity contribution is 0.0735. The highest BCUT2D eigenvalue weighted by molar-refractivity contribution is 6.30. The number of halogens is 1. The van der Waals surface area contributed by atoms with Crippen LogP contribution in [0.1, 0.15) is 17.3 Å². The lowest BCUT2D eigenvalue weighted by Crippen LogP contribution is -2.08. The van der Waals surface area contributed by atoms with Gasteiger partial charge in [-0.15, -0.1) is 0 Å². The number of ether oxygens (including phenoxy) is 2. The molecule has 19 heavy (non-hydrogen) atoms. The number of hydrogen-bond donors (Lipinski definition) is 0. The van der Waals surface area contributed by atoms with Gasteiger partial charge in [0.25, 0.3) is 0 Å². The van der Waals surface area contributed by atoms with Gasteiger partial charge in [0.05, 0.1) is 12.2 Å². The molecule has 2 rings (SSSR count).